The average molecular weight is 230 g/mol. The van der Waals surface area contributed by atoms with Crippen molar-refractivity contribution < 1.29 is 4.39 Å². The molecule has 88 valence electrons. The third-order valence-electron chi connectivity index (χ3n) is 2.86. The third-order valence-corrected chi connectivity index (χ3v) is 2.86. The third kappa shape index (κ3) is 2.34. The Labute approximate surface area is 100 Å². The summed E-state index contributed by atoms with van der Waals surface area (Å²) in [5.74, 6) is -0.244. The first kappa shape index (κ1) is 11.7. The van der Waals surface area contributed by atoms with Crippen LogP contribution in [0.15, 0.2) is 36.7 Å². The van der Waals surface area contributed by atoms with E-state index in [0.29, 0.717) is 5.56 Å². The van der Waals surface area contributed by atoms with Crippen LogP contribution < -0.4 is 5.73 Å². The molecule has 0 aliphatic carbocycles. The van der Waals surface area contributed by atoms with E-state index in [2.05, 4.69) is 4.98 Å². The van der Waals surface area contributed by atoms with Crippen molar-refractivity contribution in [3.05, 3.63) is 64.7 Å². The van der Waals surface area contributed by atoms with E-state index in [1.165, 1.54) is 6.07 Å². The fourth-order valence-electron chi connectivity index (χ4n) is 2.06. The maximum absolute atomic E-state index is 14.0. The number of aromatic nitrogens is 1. The lowest BCUT2D eigenvalue weighted by atomic mass is 9.94. The zero-order chi connectivity index (χ0) is 12.4. The second kappa shape index (κ2) is 4.63. The zero-order valence-corrected chi connectivity index (χ0v) is 9.94. The van der Waals surface area contributed by atoms with Gasteiger partial charge in [0.2, 0.25) is 0 Å². The van der Waals surface area contributed by atoms with Crippen LogP contribution >= 0.6 is 0 Å². The van der Waals surface area contributed by atoms with Gasteiger partial charge in [-0.2, -0.15) is 0 Å². The van der Waals surface area contributed by atoms with Crippen molar-refractivity contribution in [1.29, 1.82) is 0 Å². The van der Waals surface area contributed by atoms with Gasteiger partial charge in [0.05, 0.1) is 6.04 Å². The van der Waals surface area contributed by atoms with Gasteiger partial charge in [0.15, 0.2) is 0 Å². The van der Waals surface area contributed by atoms with Crippen LogP contribution in [0.4, 0.5) is 4.39 Å². The van der Waals surface area contributed by atoms with Gasteiger partial charge in [-0.05, 0) is 48.7 Å². The van der Waals surface area contributed by atoms with E-state index >= 15 is 0 Å². The summed E-state index contributed by atoms with van der Waals surface area (Å²) >= 11 is 0. The van der Waals surface area contributed by atoms with Crippen molar-refractivity contribution in [3.63, 3.8) is 0 Å². The summed E-state index contributed by atoms with van der Waals surface area (Å²) in [4.78, 5) is 3.93. The minimum absolute atomic E-state index is 0.244. The molecule has 1 aromatic carbocycles. The van der Waals surface area contributed by atoms with Crippen molar-refractivity contribution in [2.75, 3.05) is 0 Å². The first-order valence-corrected chi connectivity index (χ1v) is 5.51. The minimum Gasteiger partial charge on any atom is -0.320 e. The molecule has 3 heteroatoms. The van der Waals surface area contributed by atoms with Gasteiger partial charge < -0.3 is 5.73 Å². The lowest BCUT2D eigenvalue weighted by Gasteiger charge is -2.16. The minimum atomic E-state index is -0.446. The quantitative estimate of drug-likeness (QED) is 0.861. The molecule has 1 unspecified atom stereocenters. The highest BCUT2D eigenvalue weighted by atomic mass is 19.1. The number of aryl methyl sites for hydroxylation is 2. The highest BCUT2D eigenvalue weighted by Gasteiger charge is 2.16. The molecule has 0 saturated heterocycles. The normalized spacial score (nSPS) is 12.5. The number of hydrogen-bond acceptors (Lipinski definition) is 2. The standard InChI is InChI=1S/C14H15FN2/c1-9-7-10(2)13(12(15)8-9)14(16)11-3-5-17-6-4-11/h3-8,14H,16H2,1-2H3. The number of benzene rings is 1. The van der Waals surface area contributed by atoms with Gasteiger partial charge in [0, 0.05) is 18.0 Å². The fourth-order valence-corrected chi connectivity index (χ4v) is 2.06. The summed E-state index contributed by atoms with van der Waals surface area (Å²) in [6, 6.07) is 6.63. The molecule has 2 rings (SSSR count). The number of nitrogens with zero attached hydrogens (tertiary/aromatic N) is 1. The molecule has 0 amide bonds. The second-order valence-electron chi connectivity index (χ2n) is 4.24. The topological polar surface area (TPSA) is 38.9 Å². The largest absolute Gasteiger partial charge is 0.320 e. The molecule has 0 aliphatic heterocycles. The highest BCUT2D eigenvalue weighted by Crippen LogP contribution is 2.25. The molecule has 0 fully saturated rings. The van der Waals surface area contributed by atoms with E-state index in [0.717, 1.165) is 16.7 Å². The van der Waals surface area contributed by atoms with Crippen LogP contribution in [0.2, 0.25) is 0 Å². The summed E-state index contributed by atoms with van der Waals surface area (Å²) in [6.45, 7) is 3.75. The summed E-state index contributed by atoms with van der Waals surface area (Å²) in [6.07, 6.45) is 3.33. The Balaban J connectivity index is 2.48. The zero-order valence-electron chi connectivity index (χ0n) is 9.94. The van der Waals surface area contributed by atoms with Crippen LogP contribution in [0, 0.1) is 19.7 Å². The molecular formula is C14H15FN2. The Morgan fingerprint density at radius 3 is 2.41 bits per heavy atom. The first-order valence-electron chi connectivity index (χ1n) is 5.51. The van der Waals surface area contributed by atoms with Gasteiger partial charge in [0.1, 0.15) is 5.82 Å². The Morgan fingerprint density at radius 1 is 1.18 bits per heavy atom. The predicted molar refractivity (Wildman–Crippen MR) is 66.1 cm³/mol. The predicted octanol–water partition coefficient (Wildman–Crippen LogP) is 2.89. The highest BCUT2D eigenvalue weighted by molar-refractivity contribution is 5.39. The summed E-state index contributed by atoms with van der Waals surface area (Å²) in [7, 11) is 0. The average Bonchev–Trinajstić information content (AvgIpc) is 2.28. The van der Waals surface area contributed by atoms with Crippen molar-refractivity contribution in [2.45, 2.75) is 19.9 Å². The van der Waals surface area contributed by atoms with Crippen LogP contribution in [0.3, 0.4) is 0 Å². The van der Waals surface area contributed by atoms with E-state index in [1.54, 1.807) is 12.4 Å². The van der Waals surface area contributed by atoms with Crippen molar-refractivity contribution >= 4 is 0 Å². The van der Waals surface area contributed by atoms with Gasteiger partial charge >= 0.3 is 0 Å². The summed E-state index contributed by atoms with van der Waals surface area (Å²) in [5, 5.41) is 0. The number of pyridine rings is 1. The Kier molecular flexibility index (Phi) is 3.20. The lowest BCUT2D eigenvalue weighted by molar-refractivity contribution is 0.596. The molecule has 1 atom stereocenters. The fraction of sp³-hybridized carbons (Fsp3) is 0.214. The van der Waals surface area contributed by atoms with Gasteiger partial charge in [0.25, 0.3) is 0 Å². The SMILES string of the molecule is Cc1cc(C)c(C(N)c2ccncc2)c(F)c1. The number of nitrogens with two attached hydrogens (primary N) is 1. The molecule has 0 aliphatic rings. The van der Waals surface area contributed by atoms with Gasteiger partial charge in [-0.25, -0.2) is 4.39 Å². The molecule has 0 bridgehead atoms. The summed E-state index contributed by atoms with van der Waals surface area (Å²) in [5.41, 5.74) is 9.31. The Hall–Kier alpha value is -1.74. The van der Waals surface area contributed by atoms with Gasteiger partial charge in [-0.1, -0.05) is 6.07 Å². The molecule has 1 aromatic heterocycles. The maximum Gasteiger partial charge on any atom is 0.128 e. The maximum atomic E-state index is 14.0. The van der Waals surface area contributed by atoms with Crippen molar-refractivity contribution in [2.24, 2.45) is 5.73 Å². The summed E-state index contributed by atoms with van der Waals surface area (Å²) < 4.78 is 14.0. The first-order chi connectivity index (χ1) is 8.09. The van der Waals surface area contributed by atoms with Gasteiger partial charge in [-0.15, -0.1) is 0 Å². The van der Waals surface area contributed by atoms with Crippen molar-refractivity contribution in [3.8, 4) is 0 Å². The van der Waals surface area contributed by atoms with Gasteiger partial charge in [-0.3, -0.25) is 4.98 Å². The van der Waals surface area contributed by atoms with E-state index < -0.39 is 6.04 Å². The lowest BCUT2D eigenvalue weighted by Crippen LogP contribution is -2.15. The van der Waals surface area contributed by atoms with E-state index in [9.17, 15) is 4.39 Å². The Bertz CT molecular complexity index is 500. The van der Waals surface area contributed by atoms with Crippen LogP contribution in [-0.4, -0.2) is 4.98 Å². The molecule has 0 spiro atoms. The molecule has 0 saturated carbocycles. The molecule has 0 radical (unpaired) electrons. The number of hydrogen-bond donors (Lipinski definition) is 1. The van der Waals surface area contributed by atoms with Crippen LogP contribution in [0.5, 0.6) is 0 Å². The monoisotopic (exact) mass is 230 g/mol. The molecule has 2 aromatic rings. The van der Waals surface area contributed by atoms with E-state index in [4.69, 9.17) is 5.73 Å². The molecular weight excluding hydrogens is 215 g/mol. The molecule has 2 nitrogen and oxygen atoms in total. The smallest absolute Gasteiger partial charge is 0.128 e. The number of rotatable bonds is 2. The van der Waals surface area contributed by atoms with Crippen LogP contribution in [0.25, 0.3) is 0 Å². The number of halogens is 1. The van der Waals surface area contributed by atoms with Crippen molar-refractivity contribution in [1.82, 2.24) is 4.98 Å². The van der Waals surface area contributed by atoms with Crippen LogP contribution in [0.1, 0.15) is 28.3 Å². The van der Waals surface area contributed by atoms with E-state index in [1.807, 2.05) is 32.0 Å². The molecule has 17 heavy (non-hydrogen) atoms. The second-order valence-corrected chi connectivity index (χ2v) is 4.24. The molecule has 1 heterocycles. The van der Waals surface area contributed by atoms with E-state index in [-0.39, 0.29) is 5.82 Å². The molecule has 2 N–H and O–H groups in total. The Morgan fingerprint density at radius 2 is 1.82 bits per heavy atom. The van der Waals surface area contributed by atoms with Crippen LogP contribution in [-0.2, 0) is 0 Å².